The number of likely N-dealkylation sites (tertiary alicyclic amines) is 1. The molecule has 1 unspecified atom stereocenters. The predicted molar refractivity (Wildman–Crippen MR) is 156 cm³/mol. The smallest absolute Gasteiger partial charge is 0.339 e. The van der Waals surface area contributed by atoms with Crippen LogP contribution in [-0.2, 0) is 46.3 Å². The van der Waals surface area contributed by atoms with Crippen LogP contribution in [0.2, 0.25) is 0 Å². The van der Waals surface area contributed by atoms with E-state index in [1.54, 1.807) is 27.7 Å². The Morgan fingerprint density at radius 2 is 1.36 bits per heavy atom. The second-order valence-corrected chi connectivity index (χ2v) is 11.4. The molecule has 12 nitrogen and oxygen atoms in total. The van der Waals surface area contributed by atoms with E-state index in [0.717, 1.165) is 44.1 Å². The van der Waals surface area contributed by atoms with Crippen LogP contribution in [0.4, 0.5) is 0 Å². The summed E-state index contributed by atoms with van der Waals surface area (Å²) in [5, 5.41) is 0. The summed E-state index contributed by atoms with van der Waals surface area (Å²) in [4.78, 5) is 94.6. The summed E-state index contributed by atoms with van der Waals surface area (Å²) in [5.74, 6) is -2.22. The van der Waals surface area contributed by atoms with Crippen molar-refractivity contribution in [1.29, 1.82) is 0 Å². The molecule has 3 fully saturated rings. The van der Waals surface area contributed by atoms with Crippen LogP contribution in [0.5, 0.6) is 0 Å². The minimum Gasteiger partial charge on any atom is -0.465 e. The first-order valence-electron chi connectivity index (χ1n) is 15.4. The van der Waals surface area contributed by atoms with Gasteiger partial charge in [-0.1, -0.05) is 13.8 Å². The summed E-state index contributed by atoms with van der Waals surface area (Å²) in [6, 6.07) is 0.119. The number of carbonyl (C=O) groups is 7. The fourth-order valence-electron chi connectivity index (χ4n) is 5.47. The van der Waals surface area contributed by atoms with Crippen molar-refractivity contribution >= 4 is 41.2 Å². The van der Waals surface area contributed by atoms with E-state index in [4.69, 9.17) is 4.42 Å². The summed E-state index contributed by atoms with van der Waals surface area (Å²) in [7, 11) is 0. The molecule has 4 amide bonds. The van der Waals surface area contributed by atoms with Gasteiger partial charge in [0.15, 0.2) is 5.78 Å². The number of piperidine rings is 1. The van der Waals surface area contributed by atoms with Crippen molar-refractivity contribution in [2.75, 3.05) is 6.61 Å². The molecule has 0 aromatic carbocycles. The Hall–Kier alpha value is -3.96. The van der Waals surface area contributed by atoms with Crippen LogP contribution >= 0.6 is 0 Å². The molecule has 2 aliphatic heterocycles. The number of imide groups is 2. The number of fused-ring (bicyclic) bond motifs is 1. The fraction of sp³-hybridized carbons (Fsp3) is 0.625. The van der Waals surface area contributed by atoms with Gasteiger partial charge < -0.3 is 9.15 Å². The summed E-state index contributed by atoms with van der Waals surface area (Å²) >= 11 is 0. The third kappa shape index (κ3) is 7.57. The van der Waals surface area contributed by atoms with Crippen molar-refractivity contribution < 1.29 is 42.7 Å². The molecule has 5 rings (SSSR count). The number of amides is 4. The van der Waals surface area contributed by atoms with Crippen LogP contribution < -0.4 is 5.63 Å². The molecule has 240 valence electrons. The van der Waals surface area contributed by atoms with Crippen LogP contribution in [0.3, 0.4) is 0 Å². The number of ketones is 2. The van der Waals surface area contributed by atoms with Crippen LogP contribution in [0, 0.1) is 12.8 Å². The molecule has 1 aromatic heterocycles. The highest BCUT2D eigenvalue weighted by molar-refractivity contribution is 6.16. The molecule has 1 saturated heterocycles. The number of ether oxygens (including phenoxy) is 1. The van der Waals surface area contributed by atoms with E-state index >= 15 is 0 Å². The minimum atomic E-state index is -0.597. The lowest BCUT2D eigenvalue weighted by Crippen LogP contribution is -2.51. The van der Waals surface area contributed by atoms with E-state index in [1.807, 2.05) is 6.92 Å². The monoisotopic (exact) mass is 614 g/mol. The van der Waals surface area contributed by atoms with E-state index in [0.29, 0.717) is 30.6 Å². The van der Waals surface area contributed by atoms with Gasteiger partial charge in [0.25, 0.3) is 5.91 Å². The zero-order valence-corrected chi connectivity index (χ0v) is 26.2. The maximum Gasteiger partial charge on any atom is 0.339 e. The normalized spacial score (nSPS) is 19.1. The topological polar surface area (TPSA) is 165 Å². The van der Waals surface area contributed by atoms with Gasteiger partial charge in [0, 0.05) is 24.1 Å². The number of hydrogen-bond donors (Lipinski definition) is 0. The van der Waals surface area contributed by atoms with Crippen molar-refractivity contribution in [2.24, 2.45) is 5.92 Å². The lowest BCUT2D eigenvalue weighted by atomic mass is 9.87. The first kappa shape index (κ1) is 34.5. The zero-order valence-electron chi connectivity index (χ0n) is 26.2. The molecule has 0 bridgehead atoms. The van der Waals surface area contributed by atoms with E-state index in [2.05, 4.69) is 4.74 Å². The number of carbonyl (C=O) groups excluding carboxylic acids is 7. The van der Waals surface area contributed by atoms with E-state index in [-0.39, 0.29) is 72.3 Å². The third-order valence-corrected chi connectivity index (χ3v) is 8.51. The molecule has 2 saturated carbocycles. The molecule has 4 aliphatic rings. The van der Waals surface area contributed by atoms with Crippen molar-refractivity contribution in [3.05, 3.63) is 32.9 Å². The number of hydrogen-bond acceptors (Lipinski definition) is 10. The molecule has 0 spiro atoms. The summed E-state index contributed by atoms with van der Waals surface area (Å²) in [6.45, 7) is 8.94. The van der Waals surface area contributed by atoms with Gasteiger partial charge in [0.1, 0.15) is 17.5 Å². The zero-order chi connectivity index (χ0) is 32.7. The molecule has 2 aliphatic carbocycles. The van der Waals surface area contributed by atoms with Crippen LogP contribution in [-0.4, -0.2) is 69.7 Å². The Balaban J connectivity index is 0.000000192. The first-order valence-corrected chi connectivity index (χ1v) is 15.4. The van der Waals surface area contributed by atoms with Gasteiger partial charge in [-0.05, 0) is 71.3 Å². The molecular weight excluding hydrogens is 572 g/mol. The summed E-state index contributed by atoms with van der Waals surface area (Å²) in [5.41, 5.74) is 1.19. The standard InChI is InChI=1S/C15H17NO4.C9H11NO3.C8H14O3/c1-3-10-8(2)15(19)20-11-7-12(17)16(9-5-4-6-9)14(18)13(10)11;11-7-4-8(12)10(9(13)5-7)6-2-1-3-6;1-4-7(9)6(3)8(10)11-5-2/h9H,3-7H2,1-2H3;6H,1-5H2;6H,4-5H2,1-3H3. The Bertz CT molecular complexity index is 1370. The Morgan fingerprint density at radius 3 is 1.82 bits per heavy atom. The Morgan fingerprint density at radius 1 is 0.841 bits per heavy atom. The molecule has 12 heteroatoms. The molecule has 44 heavy (non-hydrogen) atoms. The lowest BCUT2D eigenvalue weighted by molar-refractivity contribution is -0.156. The van der Waals surface area contributed by atoms with E-state index in [9.17, 15) is 38.4 Å². The van der Waals surface area contributed by atoms with E-state index in [1.165, 1.54) is 9.80 Å². The molecule has 1 atom stereocenters. The Kier molecular flexibility index (Phi) is 11.9. The minimum absolute atomic E-state index is 0.0140. The second-order valence-electron chi connectivity index (χ2n) is 11.4. The number of rotatable bonds is 7. The first-order chi connectivity index (χ1) is 20.9. The van der Waals surface area contributed by atoms with Crippen LogP contribution in [0.1, 0.15) is 113 Å². The SMILES string of the molecule is CCOC(=O)C(C)C(=O)CC.CCc1c2c(oc(=O)c1C)CC(=O)N(C1CCC1)C2=O.O=C1CC(=O)N(C2CCC2)C(=O)C1. The highest BCUT2D eigenvalue weighted by Crippen LogP contribution is 2.32. The van der Waals surface area contributed by atoms with Gasteiger partial charge in [-0.25, -0.2) is 4.79 Å². The van der Waals surface area contributed by atoms with Crippen molar-refractivity contribution in [1.82, 2.24) is 9.80 Å². The third-order valence-electron chi connectivity index (χ3n) is 8.51. The number of esters is 1. The molecule has 3 heterocycles. The fourth-order valence-corrected chi connectivity index (χ4v) is 5.47. The van der Waals surface area contributed by atoms with Gasteiger partial charge in [0.2, 0.25) is 17.7 Å². The quantitative estimate of drug-likeness (QED) is 0.253. The van der Waals surface area contributed by atoms with E-state index < -0.39 is 17.5 Å². The van der Waals surface area contributed by atoms with Crippen LogP contribution in [0.25, 0.3) is 0 Å². The average Bonchev–Trinajstić information content (AvgIpc) is 2.92. The van der Waals surface area contributed by atoms with Gasteiger partial charge in [-0.3, -0.25) is 43.4 Å². The Labute approximate surface area is 256 Å². The highest BCUT2D eigenvalue weighted by atomic mass is 16.5. The maximum atomic E-state index is 12.6. The largest absolute Gasteiger partial charge is 0.465 e. The maximum absolute atomic E-state index is 12.6. The summed E-state index contributed by atoms with van der Waals surface area (Å²) < 4.78 is 9.84. The van der Waals surface area contributed by atoms with Crippen LogP contribution in [0.15, 0.2) is 9.21 Å². The number of nitrogens with zero attached hydrogens (tertiary/aromatic N) is 2. The van der Waals surface area contributed by atoms with Crippen molar-refractivity contribution in [3.8, 4) is 0 Å². The predicted octanol–water partition coefficient (Wildman–Crippen LogP) is 3.01. The van der Waals surface area contributed by atoms with Gasteiger partial charge >= 0.3 is 11.6 Å². The van der Waals surface area contributed by atoms with Crippen molar-refractivity contribution in [3.63, 3.8) is 0 Å². The summed E-state index contributed by atoms with van der Waals surface area (Å²) in [6.07, 6.45) is 6.53. The molecular formula is C32H42N2O10. The second kappa shape index (κ2) is 15.2. The van der Waals surface area contributed by atoms with Gasteiger partial charge in [-0.2, -0.15) is 0 Å². The van der Waals surface area contributed by atoms with Gasteiger partial charge in [0.05, 0.1) is 31.4 Å². The highest BCUT2D eigenvalue weighted by Gasteiger charge is 2.41. The molecule has 1 aromatic rings. The molecule has 0 radical (unpaired) electrons. The average molecular weight is 615 g/mol. The van der Waals surface area contributed by atoms with Gasteiger partial charge in [-0.15, -0.1) is 0 Å². The van der Waals surface area contributed by atoms with Crippen molar-refractivity contribution in [2.45, 2.75) is 117 Å². The molecule has 0 N–H and O–H groups in total. The number of Topliss-reactive ketones (excluding diaryl/α,β-unsaturated/α-hetero) is 2. The lowest BCUT2D eigenvalue weighted by Gasteiger charge is -2.38.